The maximum Gasteiger partial charge on any atom is 0.285 e. The van der Waals surface area contributed by atoms with Gasteiger partial charge in [0.2, 0.25) is 0 Å². The fourth-order valence-electron chi connectivity index (χ4n) is 5.08. The number of aryl methyl sites for hydroxylation is 2. The van der Waals surface area contributed by atoms with Gasteiger partial charge in [0.05, 0.1) is 19.6 Å². The van der Waals surface area contributed by atoms with E-state index in [4.69, 9.17) is 11.6 Å². The summed E-state index contributed by atoms with van der Waals surface area (Å²) in [6.07, 6.45) is 7.29. The van der Waals surface area contributed by atoms with Gasteiger partial charge >= 0.3 is 0 Å². The van der Waals surface area contributed by atoms with Crippen LogP contribution in [0.5, 0.6) is 0 Å². The van der Waals surface area contributed by atoms with Gasteiger partial charge in [0.15, 0.2) is 6.04 Å². The van der Waals surface area contributed by atoms with Crippen molar-refractivity contribution in [2.75, 3.05) is 31.1 Å². The SMILES string of the molecule is CC[N+]1(C2CCCN(c3c(C)cc(Cl)cc3C)C2=O)CCCCCC1.[Y]. The van der Waals surface area contributed by atoms with E-state index in [1.807, 2.05) is 12.1 Å². The van der Waals surface area contributed by atoms with Crippen LogP contribution in [0.15, 0.2) is 12.1 Å². The molecule has 141 valence electrons. The smallest absolute Gasteiger partial charge is 0.285 e. The fourth-order valence-corrected chi connectivity index (χ4v) is 5.41. The first-order valence-corrected chi connectivity index (χ1v) is 10.3. The molecule has 2 heterocycles. The van der Waals surface area contributed by atoms with Gasteiger partial charge < -0.3 is 9.38 Å². The molecule has 0 spiro atoms. The van der Waals surface area contributed by atoms with Gasteiger partial charge in [-0.05, 0) is 76.1 Å². The Hall–Kier alpha value is 0.0439. The first kappa shape index (κ1) is 22.3. The van der Waals surface area contributed by atoms with Crippen LogP contribution in [0.2, 0.25) is 5.02 Å². The van der Waals surface area contributed by atoms with E-state index < -0.39 is 0 Å². The van der Waals surface area contributed by atoms with Crippen molar-refractivity contribution in [2.24, 2.45) is 0 Å². The van der Waals surface area contributed by atoms with Crippen LogP contribution in [-0.2, 0) is 37.5 Å². The number of anilines is 1. The number of likely N-dealkylation sites (N-methyl/N-ethyl adjacent to an activating group) is 1. The number of piperidine rings is 1. The molecule has 1 aromatic rings. The molecule has 2 fully saturated rings. The second-order valence-corrected chi connectivity index (χ2v) is 8.37. The molecular weight excluding hydrogens is 421 g/mol. The Balaban J connectivity index is 0.00000243. The van der Waals surface area contributed by atoms with Gasteiger partial charge in [-0.25, -0.2) is 0 Å². The third-order valence-electron chi connectivity index (χ3n) is 6.38. The zero-order valence-corrected chi connectivity index (χ0v) is 20.2. The van der Waals surface area contributed by atoms with Crippen LogP contribution in [0.3, 0.4) is 0 Å². The number of rotatable bonds is 3. The van der Waals surface area contributed by atoms with E-state index in [1.54, 1.807) is 0 Å². The summed E-state index contributed by atoms with van der Waals surface area (Å²) >= 11 is 6.20. The van der Waals surface area contributed by atoms with Crippen LogP contribution >= 0.6 is 11.6 Å². The number of likely N-dealkylation sites (tertiary alicyclic amines) is 1. The monoisotopic (exact) mass is 452 g/mol. The largest absolute Gasteiger partial charge is 0.314 e. The van der Waals surface area contributed by atoms with Crippen molar-refractivity contribution in [1.29, 1.82) is 0 Å². The summed E-state index contributed by atoms with van der Waals surface area (Å²) in [5, 5.41) is 0.754. The van der Waals surface area contributed by atoms with E-state index in [9.17, 15) is 4.79 Å². The number of nitrogens with zero attached hydrogens (tertiary/aromatic N) is 2. The zero-order chi connectivity index (χ0) is 18.0. The molecule has 3 rings (SSSR count). The van der Waals surface area contributed by atoms with Crippen LogP contribution in [0.1, 0.15) is 56.6 Å². The Morgan fingerprint density at radius 2 is 1.65 bits per heavy atom. The summed E-state index contributed by atoms with van der Waals surface area (Å²) in [4.78, 5) is 15.6. The van der Waals surface area contributed by atoms with E-state index >= 15 is 0 Å². The van der Waals surface area contributed by atoms with Crippen molar-refractivity contribution in [3.05, 3.63) is 28.3 Å². The minimum absolute atomic E-state index is 0. The summed E-state index contributed by atoms with van der Waals surface area (Å²) in [5.41, 5.74) is 3.30. The molecule has 1 amide bonds. The summed E-state index contributed by atoms with van der Waals surface area (Å²) in [6, 6.07) is 4.10. The standard InChI is InChI=1S/C21H32ClN2O.Y/c1-4-24(12-7-5-6-8-13-24)19-10-9-11-23(21(19)25)20-16(2)14-18(22)15-17(20)3;/h14-15,19H,4-13H2,1-3H3;/q+1;. The average Bonchev–Trinajstić information content (AvgIpc) is 2.82. The Morgan fingerprint density at radius 1 is 1.08 bits per heavy atom. The number of carbonyl (C=O) groups is 1. The van der Waals surface area contributed by atoms with Crippen LogP contribution in [0, 0.1) is 13.8 Å². The number of amides is 1. The summed E-state index contributed by atoms with van der Waals surface area (Å²) in [7, 11) is 0. The van der Waals surface area contributed by atoms with Gasteiger partial charge in [0.1, 0.15) is 0 Å². The molecule has 1 atom stereocenters. The predicted octanol–water partition coefficient (Wildman–Crippen LogP) is 4.86. The van der Waals surface area contributed by atoms with Crippen molar-refractivity contribution in [2.45, 2.75) is 65.3 Å². The Labute approximate surface area is 188 Å². The summed E-state index contributed by atoms with van der Waals surface area (Å²) in [5.74, 6) is 0.337. The predicted molar refractivity (Wildman–Crippen MR) is 105 cm³/mol. The third-order valence-corrected chi connectivity index (χ3v) is 6.60. The summed E-state index contributed by atoms with van der Waals surface area (Å²) in [6.45, 7) is 10.7. The quantitative estimate of drug-likeness (QED) is 0.600. The first-order valence-electron chi connectivity index (χ1n) is 9.92. The Kier molecular flexibility index (Phi) is 8.16. The minimum Gasteiger partial charge on any atom is -0.314 e. The van der Waals surface area contributed by atoms with Crippen LogP contribution < -0.4 is 4.90 Å². The molecule has 2 aliphatic heterocycles. The molecule has 0 N–H and O–H groups in total. The Bertz CT molecular complexity index is 618. The van der Waals surface area contributed by atoms with Gasteiger partial charge in [-0.15, -0.1) is 0 Å². The molecule has 0 bridgehead atoms. The van der Waals surface area contributed by atoms with Crippen molar-refractivity contribution in [1.82, 2.24) is 0 Å². The van der Waals surface area contributed by atoms with E-state index in [1.165, 1.54) is 38.8 Å². The molecule has 2 aliphatic rings. The molecule has 0 saturated carbocycles. The molecule has 26 heavy (non-hydrogen) atoms. The molecule has 0 aliphatic carbocycles. The maximum absolute atomic E-state index is 13.6. The van der Waals surface area contributed by atoms with E-state index in [0.29, 0.717) is 5.91 Å². The van der Waals surface area contributed by atoms with Crippen molar-refractivity contribution in [3.63, 3.8) is 0 Å². The van der Waals surface area contributed by atoms with Crippen molar-refractivity contribution in [3.8, 4) is 0 Å². The number of halogens is 1. The second kappa shape index (κ2) is 9.50. The van der Waals surface area contributed by atoms with Crippen LogP contribution in [0.4, 0.5) is 5.69 Å². The number of benzene rings is 1. The zero-order valence-electron chi connectivity index (χ0n) is 16.6. The topological polar surface area (TPSA) is 20.3 Å². The maximum atomic E-state index is 13.6. The molecule has 1 unspecified atom stereocenters. The van der Waals surface area contributed by atoms with Crippen molar-refractivity contribution >= 4 is 23.2 Å². The second-order valence-electron chi connectivity index (χ2n) is 7.93. The van der Waals surface area contributed by atoms with Gasteiger partial charge in [-0.1, -0.05) is 11.6 Å². The molecule has 1 radical (unpaired) electrons. The third kappa shape index (κ3) is 4.37. The van der Waals surface area contributed by atoms with Gasteiger partial charge in [-0.3, -0.25) is 4.79 Å². The summed E-state index contributed by atoms with van der Waals surface area (Å²) < 4.78 is 1.00. The molecule has 1 aromatic carbocycles. The van der Waals surface area contributed by atoms with E-state index in [-0.39, 0.29) is 38.8 Å². The van der Waals surface area contributed by atoms with Gasteiger partial charge in [-0.2, -0.15) is 0 Å². The molecule has 5 heteroatoms. The number of hydrogen-bond donors (Lipinski definition) is 0. The average molecular weight is 453 g/mol. The number of carbonyl (C=O) groups excluding carboxylic acids is 1. The van der Waals surface area contributed by atoms with E-state index in [0.717, 1.165) is 52.3 Å². The first-order chi connectivity index (χ1) is 12.0. The van der Waals surface area contributed by atoms with Crippen molar-refractivity contribution < 1.29 is 42.0 Å². The molecule has 3 nitrogen and oxygen atoms in total. The van der Waals surface area contributed by atoms with Gasteiger partial charge in [0.25, 0.3) is 5.91 Å². The number of hydrogen-bond acceptors (Lipinski definition) is 1. The van der Waals surface area contributed by atoms with Gasteiger partial charge in [0, 0.05) is 56.4 Å². The Morgan fingerprint density at radius 3 is 2.19 bits per heavy atom. The fraction of sp³-hybridized carbons (Fsp3) is 0.667. The van der Waals surface area contributed by atoms with Crippen LogP contribution in [-0.4, -0.2) is 42.6 Å². The van der Waals surface area contributed by atoms with E-state index in [2.05, 4.69) is 25.7 Å². The molecule has 2 saturated heterocycles. The number of quaternary nitrogens is 1. The minimum atomic E-state index is 0. The molecule has 0 aromatic heterocycles. The normalized spacial score (nSPS) is 23.3. The van der Waals surface area contributed by atoms with Crippen LogP contribution in [0.25, 0.3) is 0 Å². The molecular formula is C21H32ClN2OY+.